The normalized spacial score (nSPS) is 18.9. The van der Waals surface area contributed by atoms with Crippen LogP contribution in [-0.2, 0) is 4.74 Å². The van der Waals surface area contributed by atoms with E-state index < -0.39 is 4.92 Å². The van der Waals surface area contributed by atoms with Crippen molar-refractivity contribution in [2.24, 2.45) is 0 Å². The Morgan fingerprint density at radius 2 is 2.15 bits per heavy atom. The van der Waals surface area contributed by atoms with Crippen LogP contribution in [0.5, 0.6) is 0 Å². The molecule has 1 aliphatic rings. The van der Waals surface area contributed by atoms with Gasteiger partial charge < -0.3 is 14.6 Å². The molecule has 1 unspecified atom stereocenters. The molecule has 0 radical (unpaired) electrons. The summed E-state index contributed by atoms with van der Waals surface area (Å²) in [4.78, 5) is 14.4. The molecule has 1 N–H and O–H groups in total. The highest BCUT2D eigenvalue weighted by molar-refractivity contribution is 5.56. The van der Waals surface area contributed by atoms with E-state index in [9.17, 15) is 10.1 Å². The standard InChI is InChI=1S/C12H12N4O4/c17-16(18)9-3-1-8(2-4-9)11-14-12(20-15-11)10-7-13-5-6-19-10/h1-4,10,13H,5-7H2. The zero-order chi connectivity index (χ0) is 13.9. The molecular formula is C12H12N4O4. The molecule has 0 bridgehead atoms. The molecule has 1 atom stereocenters. The van der Waals surface area contributed by atoms with E-state index in [0.29, 0.717) is 30.4 Å². The van der Waals surface area contributed by atoms with E-state index in [1.807, 2.05) is 0 Å². The summed E-state index contributed by atoms with van der Waals surface area (Å²) in [7, 11) is 0. The van der Waals surface area contributed by atoms with Crippen molar-refractivity contribution >= 4 is 5.69 Å². The first-order chi connectivity index (χ1) is 9.74. The summed E-state index contributed by atoms with van der Waals surface area (Å²) < 4.78 is 10.7. The van der Waals surface area contributed by atoms with Crippen LogP contribution in [0.15, 0.2) is 28.8 Å². The van der Waals surface area contributed by atoms with Gasteiger partial charge in [0.25, 0.3) is 11.6 Å². The molecule has 20 heavy (non-hydrogen) atoms. The van der Waals surface area contributed by atoms with E-state index in [-0.39, 0.29) is 11.8 Å². The van der Waals surface area contributed by atoms with Crippen molar-refractivity contribution in [2.75, 3.05) is 19.7 Å². The van der Waals surface area contributed by atoms with Gasteiger partial charge in [-0.3, -0.25) is 10.1 Å². The van der Waals surface area contributed by atoms with Crippen molar-refractivity contribution in [1.29, 1.82) is 0 Å². The number of morpholine rings is 1. The van der Waals surface area contributed by atoms with Crippen LogP contribution >= 0.6 is 0 Å². The van der Waals surface area contributed by atoms with Gasteiger partial charge in [-0.2, -0.15) is 4.98 Å². The first-order valence-corrected chi connectivity index (χ1v) is 6.15. The van der Waals surface area contributed by atoms with Crippen molar-refractivity contribution in [2.45, 2.75) is 6.10 Å². The number of nitro benzene ring substituents is 1. The van der Waals surface area contributed by atoms with Gasteiger partial charge in [0.15, 0.2) is 0 Å². The van der Waals surface area contributed by atoms with Crippen molar-refractivity contribution in [3.8, 4) is 11.4 Å². The second kappa shape index (κ2) is 5.35. The van der Waals surface area contributed by atoms with Gasteiger partial charge in [-0.25, -0.2) is 0 Å². The molecule has 2 heterocycles. The summed E-state index contributed by atoms with van der Waals surface area (Å²) in [6.45, 7) is 2.03. The van der Waals surface area contributed by atoms with Crippen LogP contribution in [0.25, 0.3) is 11.4 Å². The monoisotopic (exact) mass is 276 g/mol. The largest absolute Gasteiger partial charge is 0.366 e. The van der Waals surface area contributed by atoms with Gasteiger partial charge >= 0.3 is 0 Å². The van der Waals surface area contributed by atoms with E-state index in [0.717, 1.165) is 6.54 Å². The first-order valence-electron chi connectivity index (χ1n) is 6.15. The van der Waals surface area contributed by atoms with E-state index >= 15 is 0 Å². The number of aromatic nitrogens is 2. The van der Waals surface area contributed by atoms with Crippen LogP contribution in [-0.4, -0.2) is 34.8 Å². The Morgan fingerprint density at radius 1 is 1.35 bits per heavy atom. The number of ether oxygens (including phenoxy) is 1. The number of hydrogen-bond donors (Lipinski definition) is 1. The maximum atomic E-state index is 10.6. The molecule has 3 rings (SSSR count). The van der Waals surface area contributed by atoms with Crippen molar-refractivity contribution in [1.82, 2.24) is 15.5 Å². The molecule has 0 aliphatic carbocycles. The van der Waals surface area contributed by atoms with Crippen LogP contribution in [0.2, 0.25) is 0 Å². The fourth-order valence-electron chi connectivity index (χ4n) is 1.94. The topological polar surface area (TPSA) is 103 Å². The maximum Gasteiger partial charge on any atom is 0.269 e. The predicted molar refractivity (Wildman–Crippen MR) is 68.0 cm³/mol. The van der Waals surface area contributed by atoms with Gasteiger partial charge in [0.1, 0.15) is 6.10 Å². The minimum absolute atomic E-state index is 0.0253. The summed E-state index contributed by atoms with van der Waals surface area (Å²) in [5.41, 5.74) is 0.687. The third-order valence-corrected chi connectivity index (χ3v) is 2.98. The summed E-state index contributed by atoms with van der Waals surface area (Å²) in [6, 6.07) is 5.99. The Morgan fingerprint density at radius 3 is 2.80 bits per heavy atom. The summed E-state index contributed by atoms with van der Waals surface area (Å²) >= 11 is 0. The summed E-state index contributed by atoms with van der Waals surface area (Å²) in [5.74, 6) is 0.801. The number of nitrogens with zero attached hydrogens (tertiary/aromatic N) is 3. The minimum atomic E-state index is -0.451. The molecule has 0 spiro atoms. The Bertz CT molecular complexity index is 604. The molecule has 1 aromatic heterocycles. The van der Waals surface area contributed by atoms with Crippen LogP contribution in [0.4, 0.5) is 5.69 Å². The number of nitrogens with one attached hydrogen (secondary N) is 1. The average molecular weight is 276 g/mol. The van der Waals surface area contributed by atoms with E-state index in [1.165, 1.54) is 12.1 Å². The fraction of sp³-hybridized carbons (Fsp3) is 0.333. The molecule has 0 saturated carbocycles. The number of hydrogen-bond acceptors (Lipinski definition) is 7. The molecule has 8 heteroatoms. The summed E-state index contributed by atoms with van der Waals surface area (Å²) in [6.07, 6.45) is -0.247. The fourth-order valence-corrected chi connectivity index (χ4v) is 1.94. The molecule has 8 nitrogen and oxygen atoms in total. The van der Waals surface area contributed by atoms with E-state index in [2.05, 4.69) is 15.5 Å². The minimum Gasteiger partial charge on any atom is -0.366 e. The van der Waals surface area contributed by atoms with Crippen LogP contribution in [0.1, 0.15) is 12.0 Å². The smallest absolute Gasteiger partial charge is 0.269 e. The number of non-ortho nitro benzene ring substituents is 1. The number of rotatable bonds is 3. The third kappa shape index (κ3) is 2.51. The van der Waals surface area contributed by atoms with Crippen molar-refractivity contribution in [3.05, 3.63) is 40.3 Å². The van der Waals surface area contributed by atoms with Crippen LogP contribution < -0.4 is 5.32 Å². The van der Waals surface area contributed by atoms with E-state index in [4.69, 9.17) is 9.26 Å². The van der Waals surface area contributed by atoms with E-state index in [1.54, 1.807) is 12.1 Å². The van der Waals surface area contributed by atoms with Crippen LogP contribution in [0, 0.1) is 10.1 Å². The molecule has 2 aromatic rings. The van der Waals surface area contributed by atoms with Gasteiger partial charge in [-0.05, 0) is 12.1 Å². The van der Waals surface area contributed by atoms with Gasteiger partial charge in [0.05, 0.1) is 11.5 Å². The van der Waals surface area contributed by atoms with Crippen molar-refractivity contribution in [3.63, 3.8) is 0 Å². The third-order valence-electron chi connectivity index (χ3n) is 2.98. The quantitative estimate of drug-likeness (QED) is 0.665. The predicted octanol–water partition coefficient (Wildman–Crippen LogP) is 1.31. The Labute approximate surface area is 113 Å². The maximum absolute atomic E-state index is 10.6. The zero-order valence-electron chi connectivity index (χ0n) is 10.5. The molecule has 1 fully saturated rings. The molecular weight excluding hydrogens is 264 g/mol. The highest BCUT2D eigenvalue weighted by Crippen LogP contribution is 2.23. The lowest BCUT2D eigenvalue weighted by Crippen LogP contribution is -2.33. The average Bonchev–Trinajstić information content (AvgIpc) is 2.98. The zero-order valence-corrected chi connectivity index (χ0v) is 10.5. The van der Waals surface area contributed by atoms with Crippen molar-refractivity contribution < 1.29 is 14.2 Å². The van der Waals surface area contributed by atoms with Gasteiger partial charge in [0.2, 0.25) is 5.82 Å². The second-order valence-electron chi connectivity index (χ2n) is 4.32. The first kappa shape index (κ1) is 12.7. The molecule has 1 aliphatic heterocycles. The summed E-state index contributed by atoms with van der Waals surface area (Å²) in [5, 5.41) is 17.6. The molecule has 104 valence electrons. The Hall–Kier alpha value is -2.32. The second-order valence-corrected chi connectivity index (χ2v) is 4.32. The Balaban J connectivity index is 1.80. The lowest BCUT2D eigenvalue weighted by atomic mass is 10.2. The lowest BCUT2D eigenvalue weighted by Gasteiger charge is -2.19. The lowest BCUT2D eigenvalue weighted by molar-refractivity contribution is -0.384. The molecule has 1 aromatic carbocycles. The number of nitro groups is 1. The molecule has 1 saturated heterocycles. The van der Waals surface area contributed by atoms with Crippen LogP contribution in [0.3, 0.4) is 0 Å². The highest BCUT2D eigenvalue weighted by Gasteiger charge is 2.22. The van der Waals surface area contributed by atoms with Gasteiger partial charge in [-0.1, -0.05) is 5.16 Å². The van der Waals surface area contributed by atoms with Gasteiger partial charge in [0, 0.05) is 30.8 Å². The highest BCUT2D eigenvalue weighted by atomic mass is 16.6. The van der Waals surface area contributed by atoms with Gasteiger partial charge in [-0.15, -0.1) is 0 Å². The SMILES string of the molecule is O=[N+]([O-])c1ccc(-c2noc(C3CNCCO3)n2)cc1. The Kier molecular flexibility index (Phi) is 3.40. The number of benzene rings is 1. The molecule has 0 amide bonds.